The molecule has 4 heteroatoms. The molecule has 1 saturated carbocycles. The van der Waals surface area contributed by atoms with Crippen LogP contribution in [-0.4, -0.2) is 18.6 Å². The maximum atomic E-state index is 5.98. The van der Waals surface area contributed by atoms with E-state index >= 15 is 0 Å². The Labute approximate surface area is 102 Å². The second-order valence-electron chi connectivity index (χ2n) is 4.69. The van der Waals surface area contributed by atoms with Crippen LogP contribution < -0.4 is 10.6 Å². The first kappa shape index (κ1) is 11.7. The van der Waals surface area contributed by atoms with Gasteiger partial charge in [0.15, 0.2) is 0 Å². The van der Waals surface area contributed by atoms with Gasteiger partial charge in [-0.3, -0.25) is 0 Å². The molecule has 0 amide bonds. The quantitative estimate of drug-likeness (QED) is 0.877. The molecule has 3 nitrogen and oxygen atoms in total. The van der Waals surface area contributed by atoms with Gasteiger partial charge in [-0.05, 0) is 29.9 Å². The van der Waals surface area contributed by atoms with Gasteiger partial charge in [0.25, 0.3) is 0 Å². The van der Waals surface area contributed by atoms with E-state index in [2.05, 4.69) is 23.9 Å². The maximum absolute atomic E-state index is 5.98. The van der Waals surface area contributed by atoms with Gasteiger partial charge < -0.3 is 10.6 Å². The van der Waals surface area contributed by atoms with Crippen LogP contribution in [0.4, 0.5) is 5.82 Å². The van der Waals surface area contributed by atoms with Gasteiger partial charge in [0.1, 0.15) is 5.82 Å². The maximum Gasteiger partial charge on any atom is 0.128 e. The average molecular weight is 240 g/mol. The van der Waals surface area contributed by atoms with E-state index in [1.807, 2.05) is 6.07 Å². The fourth-order valence-electron chi connectivity index (χ4n) is 1.93. The minimum atomic E-state index is 0.460. The third-order valence-electron chi connectivity index (χ3n) is 3.32. The van der Waals surface area contributed by atoms with Crippen LogP contribution in [0.2, 0.25) is 5.02 Å². The van der Waals surface area contributed by atoms with Crippen molar-refractivity contribution in [3.63, 3.8) is 0 Å². The average Bonchev–Trinajstić information content (AvgIpc) is 2.94. The molecule has 1 aliphatic rings. The molecule has 0 saturated heterocycles. The smallest absolute Gasteiger partial charge is 0.128 e. The zero-order valence-electron chi connectivity index (χ0n) is 9.78. The highest BCUT2D eigenvalue weighted by Crippen LogP contribution is 2.38. The Kier molecular flexibility index (Phi) is 3.36. The summed E-state index contributed by atoms with van der Waals surface area (Å²) in [5.41, 5.74) is 6.59. The number of hydrogen-bond acceptors (Lipinski definition) is 3. The molecule has 0 spiro atoms. The Balaban J connectivity index is 2.07. The molecule has 2 N–H and O–H groups in total. The summed E-state index contributed by atoms with van der Waals surface area (Å²) >= 11 is 5.98. The van der Waals surface area contributed by atoms with Crippen molar-refractivity contribution in [3.8, 4) is 0 Å². The van der Waals surface area contributed by atoms with E-state index in [-0.39, 0.29) is 0 Å². The van der Waals surface area contributed by atoms with E-state index in [4.69, 9.17) is 17.3 Å². The first-order valence-corrected chi connectivity index (χ1v) is 6.05. The lowest BCUT2D eigenvalue weighted by atomic mass is 10.2. The highest BCUT2D eigenvalue weighted by atomic mass is 35.5. The largest absolute Gasteiger partial charge is 0.359 e. The summed E-state index contributed by atoms with van der Waals surface area (Å²) in [6, 6.07) is 1.98. The molecule has 1 fully saturated rings. The number of anilines is 1. The van der Waals surface area contributed by atoms with Crippen molar-refractivity contribution >= 4 is 17.4 Å². The van der Waals surface area contributed by atoms with Crippen LogP contribution in [0.25, 0.3) is 0 Å². The van der Waals surface area contributed by atoms with Gasteiger partial charge in [-0.15, -0.1) is 0 Å². The molecule has 2 unspecified atom stereocenters. The molecular weight excluding hydrogens is 222 g/mol. The predicted molar refractivity (Wildman–Crippen MR) is 67.7 cm³/mol. The van der Waals surface area contributed by atoms with Gasteiger partial charge in [-0.25, -0.2) is 4.98 Å². The van der Waals surface area contributed by atoms with E-state index in [1.165, 1.54) is 6.42 Å². The van der Waals surface area contributed by atoms with Gasteiger partial charge in [0.05, 0.1) is 5.02 Å². The Hall–Kier alpha value is -0.800. The number of rotatable bonds is 4. The number of aromatic nitrogens is 1. The fraction of sp³-hybridized carbons (Fsp3) is 0.583. The number of nitrogens with two attached hydrogens (primary N) is 1. The summed E-state index contributed by atoms with van der Waals surface area (Å²) in [4.78, 5) is 6.52. The van der Waals surface area contributed by atoms with Crippen LogP contribution in [0, 0.1) is 11.8 Å². The summed E-state index contributed by atoms with van der Waals surface area (Å²) < 4.78 is 0. The van der Waals surface area contributed by atoms with Crippen LogP contribution in [0.5, 0.6) is 0 Å². The molecule has 0 radical (unpaired) electrons. The van der Waals surface area contributed by atoms with Crippen molar-refractivity contribution in [3.05, 3.63) is 22.8 Å². The number of pyridine rings is 1. The second kappa shape index (κ2) is 4.60. The van der Waals surface area contributed by atoms with Crippen molar-refractivity contribution in [1.82, 2.24) is 4.98 Å². The molecule has 1 heterocycles. The minimum Gasteiger partial charge on any atom is -0.359 e. The Morgan fingerprint density at radius 1 is 1.62 bits per heavy atom. The molecule has 1 aromatic heterocycles. The zero-order valence-corrected chi connectivity index (χ0v) is 10.5. The third-order valence-corrected chi connectivity index (χ3v) is 3.66. The van der Waals surface area contributed by atoms with Crippen molar-refractivity contribution in [2.75, 3.05) is 18.5 Å². The zero-order chi connectivity index (χ0) is 11.7. The summed E-state index contributed by atoms with van der Waals surface area (Å²) in [6.07, 6.45) is 3.02. The highest BCUT2D eigenvalue weighted by molar-refractivity contribution is 6.31. The van der Waals surface area contributed by atoms with E-state index in [0.717, 1.165) is 29.8 Å². The minimum absolute atomic E-state index is 0.460. The van der Waals surface area contributed by atoms with Gasteiger partial charge in [0.2, 0.25) is 0 Å². The third kappa shape index (κ3) is 2.47. The van der Waals surface area contributed by atoms with Gasteiger partial charge >= 0.3 is 0 Å². The van der Waals surface area contributed by atoms with E-state index < -0.39 is 0 Å². The van der Waals surface area contributed by atoms with Gasteiger partial charge in [-0.2, -0.15) is 0 Å². The number of hydrogen-bond donors (Lipinski definition) is 1. The first-order valence-electron chi connectivity index (χ1n) is 5.67. The summed E-state index contributed by atoms with van der Waals surface area (Å²) in [5.74, 6) is 2.65. The van der Waals surface area contributed by atoms with Gasteiger partial charge in [0, 0.05) is 26.3 Å². The van der Waals surface area contributed by atoms with E-state index in [1.54, 1.807) is 6.20 Å². The molecule has 2 atom stereocenters. The molecule has 1 aliphatic carbocycles. The molecule has 0 bridgehead atoms. The Morgan fingerprint density at radius 2 is 2.31 bits per heavy atom. The SMILES string of the molecule is CC1CC1CN(C)c1cc(CN)c(Cl)cn1. The molecule has 88 valence electrons. The van der Waals surface area contributed by atoms with E-state index in [9.17, 15) is 0 Å². The van der Waals surface area contributed by atoms with Crippen molar-refractivity contribution < 1.29 is 0 Å². The van der Waals surface area contributed by atoms with Crippen LogP contribution in [0.15, 0.2) is 12.3 Å². The first-order chi connectivity index (χ1) is 7.61. The van der Waals surface area contributed by atoms with Crippen LogP contribution >= 0.6 is 11.6 Å². The van der Waals surface area contributed by atoms with Crippen molar-refractivity contribution in [1.29, 1.82) is 0 Å². The topological polar surface area (TPSA) is 42.1 Å². The lowest BCUT2D eigenvalue weighted by Crippen LogP contribution is -2.21. The fourth-order valence-corrected chi connectivity index (χ4v) is 2.11. The molecule has 1 aromatic rings. The van der Waals surface area contributed by atoms with Crippen molar-refractivity contribution in [2.24, 2.45) is 17.6 Å². The van der Waals surface area contributed by atoms with Gasteiger partial charge in [-0.1, -0.05) is 18.5 Å². The Bertz CT molecular complexity index is 381. The molecule has 16 heavy (non-hydrogen) atoms. The van der Waals surface area contributed by atoms with E-state index in [0.29, 0.717) is 11.6 Å². The number of halogens is 1. The monoisotopic (exact) mass is 239 g/mol. The highest BCUT2D eigenvalue weighted by Gasteiger charge is 2.33. The molecule has 2 rings (SSSR count). The number of nitrogens with zero attached hydrogens (tertiary/aromatic N) is 2. The summed E-state index contributed by atoms with van der Waals surface area (Å²) in [6.45, 7) is 3.82. The lowest BCUT2D eigenvalue weighted by Gasteiger charge is -2.19. The molecule has 0 aliphatic heterocycles. The van der Waals surface area contributed by atoms with Crippen LogP contribution in [-0.2, 0) is 6.54 Å². The second-order valence-corrected chi connectivity index (χ2v) is 5.10. The predicted octanol–water partition coefficient (Wildman–Crippen LogP) is 2.29. The Morgan fingerprint density at radius 3 is 2.88 bits per heavy atom. The normalized spacial score (nSPS) is 23.2. The van der Waals surface area contributed by atoms with Crippen molar-refractivity contribution in [2.45, 2.75) is 19.9 Å². The molecular formula is C12H18ClN3. The summed E-state index contributed by atoms with van der Waals surface area (Å²) in [7, 11) is 2.07. The summed E-state index contributed by atoms with van der Waals surface area (Å²) in [5, 5.41) is 0.652. The molecule has 0 aromatic carbocycles. The lowest BCUT2D eigenvalue weighted by molar-refractivity contribution is 0.719. The standard InChI is InChI=1S/C12H18ClN3/c1-8-3-10(8)7-16(2)12-4-9(5-14)11(13)6-15-12/h4,6,8,10H,3,5,7,14H2,1-2H3. The van der Waals surface area contributed by atoms with Crippen LogP contribution in [0.3, 0.4) is 0 Å². The van der Waals surface area contributed by atoms with Crippen LogP contribution in [0.1, 0.15) is 18.9 Å².